The summed E-state index contributed by atoms with van der Waals surface area (Å²) in [5.41, 5.74) is 3.14. The molecule has 3 N–H and O–H groups in total. The van der Waals surface area contributed by atoms with Gasteiger partial charge in [-0.25, -0.2) is 13.1 Å². The Labute approximate surface area is 241 Å². The Morgan fingerprint density at radius 3 is 2.38 bits per heavy atom. The fourth-order valence-corrected chi connectivity index (χ4v) is 6.40. The molecular weight excluding hydrogens is 568 g/mol. The smallest absolute Gasteiger partial charge is 0.240 e. The first-order chi connectivity index (χ1) is 19.1. The number of aromatic nitrogens is 4. The maximum absolute atomic E-state index is 13.1. The number of halogens is 1. The fourth-order valence-electron chi connectivity index (χ4n) is 4.15. The molecule has 1 amide bonds. The van der Waals surface area contributed by atoms with Crippen molar-refractivity contribution in [2.45, 2.75) is 42.1 Å². The number of para-hydroxylation sites is 1. The summed E-state index contributed by atoms with van der Waals surface area (Å²) in [6.07, 6.45) is 1.90. The van der Waals surface area contributed by atoms with Gasteiger partial charge in [-0.1, -0.05) is 41.6 Å². The number of hydrogen-bond donors (Lipinski definition) is 3. The normalized spacial score (nSPS) is 12.6. The van der Waals surface area contributed by atoms with Gasteiger partial charge in [-0.15, -0.1) is 10.2 Å². The fraction of sp³-hybridized carbons (Fsp3) is 0.179. The van der Waals surface area contributed by atoms with Crippen LogP contribution in [-0.4, -0.2) is 45.4 Å². The van der Waals surface area contributed by atoms with Crippen LogP contribution in [0.5, 0.6) is 0 Å². The minimum atomic E-state index is -3.62. The van der Waals surface area contributed by atoms with E-state index < -0.39 is 15.3 Å². The maximum atomic E-state index is 13.1. The van der Waals surface area contributed by atoms with Crippen molar-refractivity contribution in [2.75, 3.05) is 5.32 Å². The second kappa shape index (κ2) is 11.5. The van der Waals surface area contributed by atoms with Crippen LogP contribution in [0.2, 0.25) is 5.02 Å². The van der Waals surface area contributed by atoms with E-state index in [0.717, 1.165) is 22.2 Å². The van der Waals surface area contributed by atoms with Crippen LogP contribution in [0.3, 0.4) is 0 Å². The van der Waals surface area contributed by atoms with Crippen molar-refractivity contribution < 1.29 is 13.2 Å². The number of H-pyrrole nitrogens is 1. The first-order valence-electron chi connectivity index (χ1n) is 12.5. The molecule has 0 spiro atoms. The molecule has 40 heavy (non-hydrogen) atoms. The molecule has 2 heterocycles. The summed E-state index contributed by atoms with van der Waals surface area (Å²) >= 11 is 7.41. The molecule has 5 aromatic rings. The Kier molecular flexibility index (Phi) is 7.99. The molecule has 0 radical (unpaired) electrons. The molecule has 0 aliphatic heterocycles. The predicted molar refractivity (Wildman–Crippen MR) is 160 cm³/mol. The third-order valence-corrected chi connectivity index (χ3v) is 8.99. The van der Waals surface area contributed by atoms with Crippen LogP contribution in [0.25, 0.3) is 28.0 Å². The molecule has 0 fully saturated rings. The van der Waals surface area contributed by atoms with Crippen LogP contribution in [0, 0.1) is 0 Å². The zero-order valence-corrected chi connectivity index (χ0v) is 24.3. The summed E-state index contributed by atoms with van der Waals surface area (Å²) in [6.45, 7) is 5.28. The third-order valence-electron chi connectivity index (χ3n) is 6.02. The number of hydrogen-bond acceptors (Lipinski definition) is 6. The van der Waals surface area contributed by atoms with E-state index in [-0.39, 0.29) is 16.8 Å². The second-order valence-corrected chi connectivity index (χ2v) is 12.9. The summed E-state index contributed by atoms with van der Waals surface area (Å²) in [5, 5.41) is 13.4. The number of carbonyl (C=O) groups is 1. The topological polar surface area (TPSA) is 122 Å². The Hall–Kier alpha value is -3.64. The zero-order valence-electron chi connectivity index (χ0n) is 21.9. The molecule has 0 aliphatic rings. The minimum Gasteiger partial charge on any atom is -0.360 e. The average Bonchev–Trinajstić information content (AvgIpc) is 3.53. The molecule has 206 valence electrons. The number of nitrogens with one attached hydrogen (secondary N) is 3. The molecule has 9 nitrogen and oxygen atoms in total. The van der Waals surface area contributed by atoms with E-state index in [1.54, 1.807) is 45.0 Å². The summed E-state index contributed by atoms with van der Waals surface area (Å²) in [6, 6.07) is 21.1. The van der Waals surface area contributed by atoms with Crippen molar-refractivity contribution >= 4 is 55.9 Å². The Bertz CT molecular complexity index is 1760. The third kappa shape index (κ3) is 5.92. The summed E-state index contributed by atoms with van der Waals surface area (Å²) in [5.74, 6) is 0.363. The molecule has 3 aromatic carbocycles. The lowest BCUT2D eigenvalue weighted by atomic mass is 10.1. The SMILES string of the molecule is CC(C)NS(=O)(=O)c1ccc(NC(=O)[C@H](C)Sc2nnc(-c3c[nH]c4ccccc34)n2-c2ccc(Cl)cc2)cc1. The average molecular weight is 595 g/mol. The number of benzene rings is 3. The molecule has 0 saturated heterocycles. The maximum Gasteiger partial charge on any atom is 0.240 e. The van der Waals surface area contributed by atoms with E-state index in [9.17, 15) is 13.2 Å². The van der Waals surface area contributed by atoms with Crippen molar-refractivity contribution in [3.8, 4) is 17.1 Å². The van der Waals surface area contributed by atoms with Gasteiger partial charge in [0, 0.05) is 45.1 Å². The van der Waals surface area contributed by atoms with Crippen molar-refractivity contribution in [3.63, 3.8) is 0 Å². The Morgan fingerprint density at radius 2 is 1.68 bits per heavy atom. The Balaban J connectivity index is 1.40. The van der Waals surface area contributed by atoms with Gasteiger partial charge >= 0.3 is 0 Å². The van der Waals surface area contributed by atoms with E-state index >= 15 is 0 Å². The van der Waals surface area contributed by atoms with Gasteiger partial charge in [0.05, 0.1) is 10.1 Å². The highest BCUT2D eigenvalue weighted by Gasteiger charge is 2.24. The van der Waals surface area contributed by atoms with Crippen LogP contribution in [-0.2, 0) is 14.8 Å². The molecule has 12 heteroatoms. The lowest BCUT2D eigenvalue weighted by Crippen LogP contribution is -2.30. The molecular formula is C28H27ClN6O3S2. The standard InChI is InChI=1S/C28H27ClN6O3S2/c1-17(2)34-40(37,38)22-14-10-20(11-15-22)31-27(36)18(3)39-28-33-32-26(35(28)21-12-8-19(29)9-13-21)24-16-30-25-7-5-4-6-23(24)25/h4-18,30,34H,1-3H3,(H,31,36)/t18-/m0/s1. The number of sulfonamides is 1. The van der Waals surface area contributed by atoms with Crippen LogP contribution in [0.15, 0.2) is 89.0 Å². The summed E-state index contributed by atoms with van der Waals surface area (Å²) in [4.78, 5) is 16.5. The lowest BCUT2D eigenvalue weighted by molar-refractivity contribution is -0.115. The van der Waals surface area contributed by atoms with Gasteiger partial charge < -0.3 is 10.3 Å². The zero-order chi connectivity index (χ0) is 28.4. The molecule has 0 bridgehead atoms. The van der Waals surface area contributed by atoms with Gasteiger partial charge in [-0.05, 0) is 75.4 Å². The molecule has 5 rings (SSSR count). The van der Waals surface area contributed by atoms with Gasteiger partial charge in [-0.3, -0.25) is 9.36 Å². The second-order valence-electron chi connectivity index (χ2n) is 9.42. The van der Waals surface area contributed by atoms with Crippen LogP contribution >= 0.6 is 23.4 Å². The minimum absolute atomic E-state index is 0.127. The molecule has 0 aliphatic carbocycles. The number of carbonyl (C=O) groups excluding carboxylic acids is 1. The quantitative estimate of drug-likeness (QED) is 0.183. The summed E-state index contributed by atoms with van der Waals surface area (Å²) < 4.78 is 29.2. The number of nitrogens with zero attached hydrogens (tertiary/aromatic N) is 3. The Morgan fingerprint density at radius 1 is 0.975 bits per heavy atom. The molecule has 2 aromatic heterocycles. The van der Waals surface area contributed by atoms with Gasteiger partial charge in [0.2, 0.25) is 15.9 Å². The monoisotopic (exact) mass is 594 g/mol. The van der Waals surface area contributed by atoms with Crippen LogP contribution < -0.4 is 10.0 Å². The van der Waals surface area contributed by atoms with E-state index in [0.29, 0.717) is 21.7 Å². The van der Waals surface area contributed by atoms with Crippen LogP contribution in [0.1, 0.15) is 20.8 Å². The number of thioether (sulfide) groups is 1. The van der Waals surface area contributed by atoms with Gasteiger partial charge in [0.25, 0.3) is 0 Å². The van der Waals surface area contributed by atoms with E-state index in [2.05, 4.69) is 25.2 Å². The van der Waals surface area contributed by atoms with Gasteiger partial charge in [0.15, 0.2) is 11.0 Å². The van der Waals surface area contributed by atoms with Crippen molar-refractivity contribution in [3.05, 3.63) is 84.0 Å². The molecule has 1 atom stereocenters. The number of anilines is 1. The van der Waals surface area contributed by atoms with E-state index in [4.69, 9.17) is 11.6 Å². The highest BCUT2D eigenvalue weighted by Crippen LogP contribution is 2.34. The highest BCUT2D eigenvalue weighted by atomic mass is 35.5. The van der Waals surface area contributed by atoms with Gasteiger partial charge in [0.1, 0.15) is 0 Å². The number of fused-ring (bicyclic) bond motifs is 1. The van der Waals surface area contributed by atoms with E-state index in [1.807, 2.05) is 47.2 Å². The number of rotatable bonds is 9. The van der Waals surface area contributed by atoms with Crippen molar-refractivity contribution in [1.29, 1.82) is 0 Å². The van der Waals surface area contributed by atoms with Crippen molar-refractivity contribution in [2.24, 2.45) is 0 Å². The summed E-state index contributed by atoms with van der Waals surface area (Å²) in [7, 11) is -3.62. The van der Waals surface area contributed by atoms with Gasteiger partial charge in [-0.2, -0.15) is 0 Å². The first-order valence-corrected chi connectivity index (χ1v) is 15.2. The largest absolute Gasteiger partial charge is 0.360 e. The van der Waals surface area contributed by atoms with E-state index in [1.165, 1.54) is 23.9 Å². The predicted octanol–water partition coefficient (Wildman–Crippen LogP) is 5.88. The molecule has 0 saturated carbocycles. The number of aromatic amines is 1. The molecule has 0 unspecified atom stereocenters. The van der Waals surface area contributed by atoms with Crippen molar-refractivity contribution in [1.82, 2.24) is 24.5 Å². The highest BCUT2D eigenvalue weighted by molar-refractivity contribution is 8.00. The van der Waals surface area contributed by atoms with Crippen LogP contribution in [0.4, 0.5) is 5.69 Å². The number of amides is 1. The first kappa shape index (κ1) is 27.9. The lowest BCUT2D eigenvalue weighted by Gasteiger charge is -2.14.